The predicted molar refractivity (Wildman–Crippen MR) is 149 cm³/mol. The molecule has 0 spiro atoms. The van der Waals surface area contributed by atoms with Gasteiger partial charge in [0.1, 0.15) is 11.9 Å². The van der Waals surface area contributed by atoms with Crippen LogP contribution >= 0.6 is 0 Å². The van der Waals surface area contributed by atoms with Gasteiger partial charge in [0.2, 0.25) is 0 Å². The van der Waals surface area contributed by atoms with E-state index in [1.165, 1.54) is 12.1 Å². The Morgan fingerprint density at radius 2 is 1.93 bits per heavy atom. The van der Waals surface area contributed by atoms with Crippen LogP contribution in [0.5, 0.6) is 0 Å². The van der Waals surface area contributed by atoms with Crippen molar-refractivity contribution >= 4 is 17.6 Å². The number of nitrogens with zero attached hydrogens (tertiary/aromatic N) is 5. The Morgan fingerprint density at radius 1 is 1.16 bits per heavy atom. The van der Waals surface area contributed by atoms with Crippen LogP contribution in [-0.2, 0) is 22.3 Å². The Balaban J connectivity index is 1.29. The van der Waals surface area contributed by atoms with Crippen molar-refractivity contribution in [2.75, 3.05) is 24.7 Å². The summed E-state index contributed by atoms with van der Waals surface area (Å²) in [5.74, 6) is 0.0880. The van der Waals surface area contributed by atoms with E-state index in [0.717, 1.165) is 67.7 Å². The lowest BCUT2D eigenvalue weighted by Crippen LogP contribution is -2.56. The Hall–Kier alpha value is -3.43. The zero-order chi connectivity index (χ0) is 30.0. The highest BCUT2D eigenvalue weighted by molar-refractivity contribution is 6.05. The Labute approximate surface area is 247 Å². The van der Waals surface area contributed by atoms with Crippen molar-refractivity contribution in [3.8, 4) is 6.07 Å². The number of benzene rings is 1. The molecule has 5 atom stereocenters. The first-order chi connectivity index (χ1) is 20.7. The van der Waals surface area contributed by atoms with Gasteiger partial charge in [-0.15, -0.1) is 0 Å². The minimum Gasteiger partial charge on any atom is -0.381 e. The number of ether oxygens (including phenoxy) is 1. The van der Waals surface area contributed by atoms with E-state index in [4.69, 9.17) is 9.84 Å². The van der Waals surface area contributed by atoms with Crippen molar-refractivity contribution in [3.05, 3.63) is 46.6 Å². The second-order valence-corrected chi connectivity index (χ2v) is 12.6. The molecule has 4 fully saturated rings. The number of nitriles is 1. The molecule has 2 amide bonds. The van der Waals surface area contributed by atoms with E-state index < -0.39 is 23.7 Å². The van der Waals surface area contributed by atoms with Gasteiger partial charge >= 0.3 is 6.18 Å². The number of anilines is 1. The molecule has 2 saturated carbocycles. The molecule has 1 N–H and O–H groups in total. The van der Waals surface area contributed by atoms with Gasteiger partial charge in [-0.05, 0) is 75.5 Å². The van der Waals surface area contributed by atoms with Gasteiger partial charge in [-0.25, -0.2) is 4.68 Å². The van der Waals surface area contributed by atoms with Crippen LogP contribution in [0.25, 0.3) is 0 Å². The summed E-state index contributed by atoms with van der Waals surface area (Å²) in [6.07, 6.45) is 0.629. The van der Waals surface area contributed by atoms with Crippen molar-refractivity contribution in [2.45, 2.75) is 88.3 Å². The molecule has 9 nitrogen and oxygen atoms in total. The highest BCUT2D eigenvalue weighted by atomic mass is 19.4. The molecule has 3 aliphatic heterocycles. The number of piperidine rings is 1. The fraction of sp³-hybridized carbons (Fsp3) is 0.613. The lowest BCUT2D eigenvalue weighted by molar-refractivity contribution is -0.137. The number of amides is 2. The third-order valence-corrected chi connectivity index (χ3v) is 9.92. The molecule has 0 radical (unpaired) electrons. The van der Waals surface area contributed by atoms with Gasteiger partial charge in [0.05, 0.1) is 29.4 Å². The normalized spacial score (nSPS) is 29.2. The summed E-state index contributed by atoms with van der Waals surface area (Å²) in [7, 11) is 0. The molecule has 228 valence electrons. The molecule has 2 aromatic rings. The van der Waals surface area contributed by atoms with Gasteiger partial charge in [-0.3, -0.25) is 19.4 Å². The molecule has 7 rings (SSSR count). The fourth-order valence-electron chi connectivity index (χ4n) is 7.54. The van der Waals surface area contributed by atoms with Crippen LogP contribution in [0.3, 0.4) is 0 Å². The molecule has 0 unspecified atom stereocenters. The standard InChI is InChI=1S/C31H35F3N6O3/c1-2-38-29-26(23(37-40(29)21-8-10-43-11-9-21)16-39-22(15-35)13-19-14-24(19)39)25(17-6-7-17)27(30(38)42)36-28(41)18-4-3-5-20(12-18)31(32,33)34/h3-5,12,17,19,21-22,24-25,27H,2,6-11,13-14,16H2,1H3,(H,36,41)/t19-,22-,24+,25-,27-/m0/s1. The van der Waals surface area contributed by atoms with Gasteiger partial charge in [-0.1, -0.05) is 6.07 Å². The van der Waals surface area contributed by atoms with E-state index in [-0.39, 0.29) is 35.4 Å². The molecule has 5 aliphatic rings. The number of halogens is 3. The fourth-order valence-corrected chi connectivity index (χ4v) is 7.54. The van der Waals surface area contributed by atoms with Gasteiger partial charge in [-0.2, -0.15) is 23.5 Å². The summed E-state index contributed by atoms with van der Waals surface area (Å²) >= 11 is 0. The number of aromatic nitrogens is 2. The molecule has 2 saturated heterocycles. The quantitative estimate of drug-likeness (QED) is 0.509. The average Bonchev–Trinajstić information content (AvgIpc) is 3.93. The zero-order valence-corrected chi connectivity index (χ0v) is 24.0. The molecular formula is C31H35F3N6O3. The van der Waals surface area contributed by atoms with E-state index in [1.54, 1.807) is 4.90 Å². The number of likely N-dealkylation sites (tertiary alicyclic amines) is 1. The number of likely N-dealkylation sites (N-methyl/N-ethyl adjacent to an activating group) is 1. The van der Waals surface area contributed by atoms with Crippen molar-refractivity contribution in [3.63, 3.8) is 0 Å². The maximum atomic E-state index is 14.2. The zero-order valence-electron chi connectivity index (χ0n) is 24.0. The van der Waals surface area contributed by atoms with Crippen LogP contribution < -0.4 is 10.2 Å². The van der Waals surface area contributed by atoms with Gasteiger partial charge < -0.3 is 10.1 Å². The lowest BCUT2D eigenvalue weighted by atomic mass is 9.82. The Bertz CT molecular complexity index is 1470. The van der Waals surface area contributed by atoms with Gasteiger partial charge in [0, 0.05) is 49.4 Å². The van der Waals surface area contributed by atoms with Crippen LogP contribution in [0.2, 0.25) is 0 Å². The second kappa shape index (κ2) is 10.6. The Kier molecular flexibility index (Phi) is 7.01. The van der Waals surface area contributed by atoms with Gasteiger partial charge in [0.15, 0.2) is 0 Å². The van der Waals surface area contributed by atoms with E-state index in [2.05, 4.69) is 16.3 Å². The summed E-state index contributed by atoms with van der Waals surface area (Å²) in [5.41, 5.74) is 0.710. The molecular weight excluding hydrogens is 561 g/mol. The number of nitrogens with one attached hydrogen (secondary N) is 1. The number of carbonyl (C=O) groups is 2. The smallest absolute Gasteiger partial charge is 0.381 e. The van der Waals surface area contributed by atoms with Crippen LogP contribution in [0.4, 0.5) is 19.0 Å². The molecule has 1 aromatic carbocycles. The first kappa shape index (κ1) is 28.3. The average molecular weight is 597 g/mol. The van der Waals surface area contributed by atoms with Crippen molar-refractivity contribution in [1.82, 2.24) is 20.0 Å². The third kappa shape index (κ3) is 5.00. The van der Waals surface area contributed by atoms with Crippen LogP contribution in [0, 0.1) is 23.2 Å². The number of hydrogen-bond donors (Lipinski definition) is 1. The molecule has 0 bridgehead atoms. The first-order valence-corrected chi connectivity index (χ1v) is 15.3. The van der Waals surface area contributed by atoms with E-state index in [1.807, 2.05) is 11.6 Å². The minimum atomic E-state index is -4.59. The molecule has 1 aromatic heterocycles. The second-order valence-electron chi connectivity index (χ2n) is 12.6. The molecule has 4 heterocycles. The number of hydrogen-bond acceptors (Lipinski definition) is 6. The lowest BCUT2D eigenvalue weighted by Gasteiger charge is -2.39. The molecule has 43 heavy (non-hydrogen) atoms. The third-order valence-electron chi connectivity index (χ3n) is 9.92. The summed E-state index contributed by atoms with van der Waals surface area (Å²) in [6, 6.07) is 6.04. The topological polar surface area (TPSA) is 103 Å². The van der Waals surface area contributed by atoms with Crippen LogP contribution in [0.1, 0.15) is 84.6 Å². The Morgan fingerprint density at radius 3 is 2.60 bits per heavy atom. The number of alkyl halides is 3. The number of rotatable bonds is 7. The molecule has 12 heteroatoms. The van der Waals surface area contributed by atoms with E-state index in [9.17, 15) is 28.0 Å². The van der Waals surface area contributed by atoms with Gasteiger partial charge in [0.25, 0.3) is 11.8 Å². The number of fused-ring (bicyclic) bond motifs is 2. The van der Waals surface area contributed by atoms with Crippen molar-refractivity contribution in [2.24, 2.45) is 11.8 Å². The first-order valence-electron chi connectivity index (χ1n) is 15.3. The van der Waals surface area contributed by atoms with Crippen LogP contribution in [-0.4, -0.2) is 64.4 Å². The maximum absolute atomic E-state index is 14.2. The summed E-state index contributed by atoms with van der Waals surface area (Å²) < 4.78 is 47.8. The largest absolute Gasteiger partial charge is 0.416 e. The predicted octanol–water partition coefficient (Wildman–Crippen LogP) is 4.40. The van der Waals surface area contributed by atoms with Crippen LogP contribution in [0.15, 0.2) is 24.3 Å². The molecule has 2 aliphatic carbocycles. The van der Waals surface area contributed by atoms with E-state index >= 15 is 0 Å². The van der Waals surface area contributed by atoms with E-state index in [0.29, 0.717) is 38.3 Å². The minimum absolute atomic E-state index is 0.0493. The highest BCUT2D eigenvalue weighted by Gasteiger charge is 2.55. The summed E-state index contributed by atoms with van der Waals surface area (Å²) in [4.78, 5) is 31.6. The summed E-state index contributed by atoms with van der Waals surface area (Å²) in [6.45, 7) is 3.92. The number of carbonyl (C=O) groups excluding carboxylic acids is 2. The summed E-state index contributed by atoms with van der Waals surface area (Å²) in [5, 5.41) is 17.9. The van der Waals surface area contributed by atoms with Crippen molar-refractivity contribution < 1.29 is 27.5 Å². The SMILES string of the molecule is CCN1C(=O)[C@@H](NC(=O)c2cccc(C(F)(F)F)c2)[C@@H](C2CC2)c2c(CN3[C@H](C#N)C[C@H]4C[C@H]43)nn(C3CCOCC3)c21. The monoisotopic (exact) mass is 596 g/mol. The van der Waals surface area contributed by atoms with Crippen molar-refractivity contribution in [1.29, 1.82) is 5.26 Å². The highest BCUT2D eigenvalue weighted by Crippen LogP contribution is 2.53. The maximum Gasteiger partial charge on any atom is 0.416 e.